The standard InChI is InChI=1S/C27H29Cl2N3O4S/c28-20-9-7-18(8-10-20)5-6-19-15-21(37-17-19)16-30-26(35)24(33)25(34)27(36)32-13-11-31(12-14-32)23-4-2-1-3-22(23)29/h1-10,15,19,24-25,33-34H,11-14,16-17H2,(H,30,35)/b6-5+/t19?,24-,25-/m1/s1. The van der Waals surface area contributed by atoms with Crippen molar-refractivity contribution in [3.8, 4) is 0 Å². The summed E-state index contributed by atoms with van der Waals surface area (Å²) in [6, 6.07) is 15.0. The van der Waals surface area contributed by atoms with Crippen LogP contribution in [-0.2, 0) is 9.59 Å². The normalized spacial score (nSPS) is 19.6. The number of nitrogens with one attached hydrogen (secondary N) is 1. The third kappa shape index (κ3) is 7.30. The zero-order valence-electron chi connectivity index (χ0n) is 20.1. The lowest BCUT2D eigenvalue weighted by Crippen LogP contribution is -2.55. The van der Waals surface area contributed by atoms with Crippen LogP contribution >= 0.6 is 35.0 Å². The van der Waals surface area contributed by atoms with Gasteiger partial charge in [-0.2, -0.15) is 0 Å². The minimum absolute atomic E-state index is 0.217. The van der Waals surface area contributed by atoms with E-state index in [0.29, 0.717) is 36.2 Å². The largest absolute Gasteiger partial charge is 0.380 e. The molecule has 0 aliphatic carbocycles. The highest BCUT2D eigenvalue weighted by molar-refractivity contribution is 8.03. The van der Waals surface area contributed by atoms with Crippen molar-refractivity contribution in [2.24, 2.45) is 5.92 Å². The van der Waals surface area contributed by atoms with Crippen LogP contribution in [0.4, 0.5) is 5.69 Å². The van der Waals surface area contributed by atoms with Crippen molar-refractivity contribution in [3.63, 3.8) is 0 Å². The van der Waals surface area contributed by atoms with Gasteiger partial charge in [-0.05, 0) is 29.8 Å². The van der Waals surface area contributed by atoms with Gasteiger partial charge in [-0.15, -0.1) is 11.8 Å². The van der Waals surface area contributed by atoms with E-state index in [9.17, 15) is 19.8 Å². The summed E-state index contributed by atoms with van der Waals surface area (Å²) < 4.78 is 0. The van der Waals surface area contributed by atoms with Crippen LogP contribution in [0, 0.1) is 5.92 Å². The predicted octanol–water partition coefficient (Wildman–Crippen LogP) is 3.44. The number of benzene rings is 2. The first-order chi connectivity index (χ1) is 17.8. The first kappa shape index (κ1) is 27.5. The number of rotatable bonds is 8. The zero-order chi connectivity index (χ0) is 26.4. The number of piperazine rings is 1. The number of amides is 2. The second-order valence-corrected chi connectivity index (χ2v) is 10.9. The summed E-state index contributed by atoms with van der Waals surface area (Å²) in [5.74, 6) is -0.381. The quantitative estimate of drug-likeness (QED) is 0.457. The maximum Gasteiger partial charge on any atom is 0.254 e. The van der Waals surface area contributed by atoms with Crippen molar-refractivity contribution in [1.82, 2.24) is 10.2 Å². The van der Waals surface area contributed by atoms with Crippen LogP contribution in [0.1, 0.15) is 5.56 Å². The van der Waals surface area contributed by atoms with E-state index in [2.05, 4.69) is 22.4 Å². The highest BCUT2D eigenvalue weighted by atomic mass is 35.5. The van der Waals surface area contributed by atoms with Crippen molar-refractivity contribution in [2.45, 2.75) is 12.2 Å². The SMILES string of the molecule is O=C(NCC1=CC(/C=C/c2ccc(Cl)cc2)CS1)[C@H](O)[C@@H](O)C(=O)N1CCN(c2ccccc2Cl)CC1. The molecule has 0 saturated carbocycles. The molecule has 2 heterocycles. The molecule has 2 aliphatic rings. The van der Waals surface area contributed by atoms with Gasteiger partial charge in [0.15, 0.2) is 12.2 Å². The average Bonchev–Trinajstić information content (AvgIpc) is 3.38. The minimum atomic E-state index is -1.85. The van der Waals surface area contributed by atoms with Gasteiger partial charge in [0, 0.05) is 54.3 Å². The minimum Gasteiger partial charge on any atom is -0.380 e. The molecule has 2 amide bonds. The molecule has 0 bridgehead atoms. The van der Waals surface area contributed by atoms with Crippen molar-refractivity contribution >= 4 is 58.5 Å². The second kappa shape index (κ2) is 12.8. The second-order valence-electron chi connectivity index (χ2n) is 8.89. The molecule has 37 heavy (non-hydrogen) atoms. The molecule has 0 radical (unpaired) electrons. The summed E-state index contributed by atoms with van der Waals surface area (Å²) in [5, 5.41) is 24.7. The number of carbonyl (C=O) groups excluding carboxylic acids is 2. The van der Waals surface area contributed by atoms with Gasteiger partial charge in [0.25, 0.3) is 11.8 Å². The molecule has 3 N–H and O–H groups in total. The fourth-order valence-corrected chi connectivity index (χ4v) is 5.63. The number of aliphatic hydroxyl groups excluding tert-OH is 2. The molecule has 1 saturated heterocycles. The summed E-state index contributed by atoms with van der Waals surface area (Å²) in [7, 11) is 0. The number of halogens is 2. The number of hydrogen-bond donors (Lipinski definition) is 3. The summed E-state index contributed by atoms with van der Waals surface area (Å²) in [4.78, 5) is 29.7. The van der Waals surface area contributed by atoms with Crippen molar-refractivity contribution < 1.29 is 19.8 Å². The van der Waals surface area contributed by atoms with Gasteiger partial charge in [0.2, 0.25) is 0 Å². The topological polar surface area (TPSA) is 93.1 Å². The van der Waals surface area contributed by atoms with Crippen LogP contribution in [0.15, 0.2) is 65.6 Å². The van der Waals surface area contributed by atoms with E-state index in [4.69, 9.17) is 23.2 Å². The summed E-state index contributed by atoms with van der Waals surface area (Å²) in [6.45, 7) is 1.99. The number of anilines is 1. The number of aliphatic hydroxyl groups is 2. The lowest BCUT2D eigenvalue weighted by atomic mass is 10.1. The third-order valence-electron chi connectivity index (χ3n) is 6.31. The van der Waals surface area contributed by atoms with Gasteiger partial charge in [-0.1, -0.05) is 65.7 Å². The Balaban J connectivity index is 1.22. The van der Waals surface area contributed by atoms with Gasteiger partial charge < -0.3 is 25.3 Å². The lowest BCUT2D eigenvalue weighted by molar-refractivity contribution is -0.153. The molecule has 196 valence electrons. The van der Waals surface area contributed by atoms with Gasteiger partial charge in [-0.3, -0.25) is 9.59 Å². The first-order valence-electron chi connectivity index (χ1n) is 12.0. The maximum absolute atomic E-state index is 12.7. The average molecular weight is 563 g/mol. The molecule has 3 atom stereocenters. The van der Waals surface area contributed by atoms with Gasteiger partial charge in [0.1, 0.15) is 0 Å². The Labute approximate surface area is 230 Å². The van der Waals surface area contributed by atoms with E-state index < -0.39 is 24.0 Å². The van der Waals surface area contributed by atoms with Crippen molar-refractivity contribution in [2.75, 3.05) is 43.4 Å². The predicted molar refractivity (Wildman–Crippen MR) is 150 cm³/mol. The number of carbonyl (C=O) groups is 2. The Morgan fingerprint density at radius 2 is 1.73 bits per heavy atom. The molecule has 0 spiro atoms. The van der Waals surface area contributed by atoms with Crippen LogP contribution in [0.5, 0.6) is 0 Å². The molecule has 0 aromatic heterocycles. The molecule has 4 rings (SSSR count). The molecule has 7 nitrogen and oxygen atoms in total. The van der Waals surface area contributed by atoms with E-state index in [1.807, 2.05) is 54.6 Å². The molecule has 1 fully saturated rings. The molecule has 2 aromatic carbocycles. The van der Waals surface area contributed by atoms with Crippen LogP contribution in [0.2, 0.25) is 10.0 Å². The monoisotopic (exact) mass is 561 g/mol. The molecular formula is C27H29Cl2N3O4S. The molecule has 1 unspecified atom stereocenters. The van der Waals surface area contributed by atoms with E-state index in [-0.39, 0.29) is 12.5 Å². The fraction of sp³-hybridized carbons (Fsp3) is 0.333. The van der Waals surface area contributed by atoms with Gasteiger partial charge in [-0.25, -0.2) is 0 Å². The number of thioether (sulfide) groups is 1. The van der Waals surface area contributed by atoms with E-state index in [1.165, 1.54) is 4.90 Å². The molecular weight excluding hydrogens is 533 g/mol. The van der Waals surface area contributed by atoms with E-state index in [0.717, 1.165) is 21.9 Å². The van der Waals surface area contributed by atoms with E-state index >= 15 is 0 Å². The summed E-state index contributed by atoms with van der Waals surface area (Å²) in [6.07, 6.45) is 2.51. The van der Waals surface area contributed by atoms with Crippen LogP contribution in [0.3, 0.4) is 0 Å². The number of hydrogen-bond acceptors (Lipinski definition) is 6. The number of allylic oxidation sites excluding steroid dienone is 2. The molecule has 2 aromatic rings. The van der Waals surface area contributed by atoms with Crippen molar-refractivity contribution in [1.29, 1.82) is 0 Å². The van der Waals surface area contributed by atoms with Crippen LogP contribution < -0.4 is 10.2 Å². The number of nitrogens with zero attached hydrogens (tertiary/aromatic N) is 2. The van der Waals surface area contributed by atoms with Crippen molar-refractivity contribution in [3.05, 3.63) is 81.2 Å². The zero-order valence-corrected chi connectivity index (χ0v) is 22.4. The number of para-hydroxylation sites is 1. The Kier molecular flexibility index (Phi) is 9.56. The Morgan fingerprint density at radius 1 is 1.03 bits per heavy atom. The lowest BCUT2D eigenvalue weighted by Gasteiger charge is -2.37. The van der Waals surface area contributed by atoms with Gasteiger partial charge in [0.05, 0.1) is 10.7 Å². The fourth-order valence-electron chi connectivity index (χ4n) is 4.19. The summed E-state index contributed by atoms with van der Waals surface area (Å²) >= 11 is 13.8. The van der Waals surface area contributed by atoms with E-state index in [1.54, 1.807) is 11.8 Å². The van der Waals surface area contributed by atoms with Gasteiger partial charge >= 0.3 is 0 Å². The summed E-state index contributed by atoms with van der Waals surface area (Å²) in [5.41, 5.74) is 1.94. The third-order valence-corrected chi connectivity index (χ3v) is 8.08. The smallest absolute Gasteiger partial charge is 0.254 e. The molecule has 10 heteroatoms. The highest BCUT2D eigenvalue weighted by Crippen LogP contribution is 2.30. The maximum atomic E-state index is 12.7. The van der Waals surface area contributed by atoms with Crippen LogP contribution in [-0.4, -0.2) is 77.6 Å². The highest BCUT2D eigenvalue weighted by Gasteiger charge is 2.35. The van der Waals surface area contributed by atoms with Crippen LogP contribution in [0.25, 0.3) is 6.08 Å². The molecule has 2 aliphatic heterocycles. The Bertz CT molecular complexity index is 1170. The Morgan fingerprint density at radius 3 is 2.43 bits per heavy atom. The first-order valence-corrected chi connectivity index (χ1v) is 13.8. The Hall–Kier alpha value is -2.49.